The van der Waals surface area contributed by atoms with E-state index in [0.29, 0.717) is 17.8 Å². The topological polar surface area (TPSA) is 40.6 Å². The molecule has 2 amide bonds. The van der Waals surface area contributed by atoms with Crippen molar-refractivity contribution in [2.45, 2.75) is 52.4 Å². The molecule has 3 rings (SSSR count). The van der Waals surface area contributed by atoms with E-state index in [1.54, 1.807) is 4.90 Å². The highest BCUT2D eigenvalue weighted by Crippen LogP contribution is 2.36. The third-order valence-electron chi connectivity index (χ3n) is 5.92. The molecule has 4 atom stereocenters. The van der Waals surface area contributed by atoms with Gasteiger partial charge in [0.2, 0.25) is 0 Å². The number of amides is 2. The number of carbonyl (C=O) groups is 2. The molecule has 1 saturated carbocycles. The second-order valence-electron chi connectivity index (χ2n) is 8.00. The van der Waals surface area contributed by atoms with Crippen LogP contribution in [0.15, 0.2) is 0 Å². The van der Waals surface area contributed by atoms with Crippen LogP contribution in [0.4, 0.5) is 0 Å². The van der Waals surface area contributed by atoms with Crippen LogP contribution in [-0.4, -0.2) is 47.8 Å². The van der Waals surface area contributed by atoms with Crippen molar-refractivity contribution in [1.29, 1.82) is 0 Å². The van der Waals surface area contributed by atoms with Gasteiger partial charge in [-0.1, -0.05) is 33.1 Å². The predicted molar refractivity (Wildman–Crippen MR) is 86.2 cm³/mol. The van der Waals surface area contributed by atoms with Gasteiger partial charge in [0.05, 0.1) is 0 Å². The summed E-state index contributed by atoms with van der Waals surface area (Å²) in [6.45, 7) is 7.43. The first-order chi connectivity index (χ1) is 10.5. The van der Waals surface area contributed by atoms with E-state index in [4.69, 9.17) is 0 Å². The SMILES string of the molecule is CC1CC(C)CN(C(=O)C(=O)N2CCC3CCCCC3C2)C1. The Hall–Kier alpha value is -1.06. The van der Waals surface area contributed by atoms with Crippen LogP contribution in [-0.2, 0) is 9.59 Å². The lowest BCUT2D eigenvalue weighted by molar-refractivity contribution is -0.155. The summed E-state index contributed by atoms with van der Waals surface area (Å²) in [6.07, 6.45) is 7.44. The van der Waals surface area contributed by atoms with Gasteiger partial charge in [0.15, 0.2) is 0 Å². The molecule has 0 aromatic heterocycles. The van der Waals surface area contributed by atoms with Crippen LogP contribution in [0.1, 0.15) is 52.4 Å². The van der Waals surface area contributed by atoms with Gasteiger partial charge in [-0.3, -0.25) is 9.59 Å². The van der Waals surface area contributed by atoms with Crippen LogP contribution >= 0.6 is 0 Å². The number of rotatable bonds is 0. The molecule has 2 saturated heterocycles. The van der Waals surface area contributed by atoms with Crippen LogP contribution < -0.4 is 0 Å². The maximum atomic E-state index is 12.6. The van der Waals surface area contributed by atoms with Crippen molar-refractivity contribution in [3.63, 3.8) is 0 Å². The molecular formula is C18H30N2O2. The molecule has 22 heavy (non-hydrogen) atoms. The summed E-state index contributed by atoms with van der Waals surface area (Å²) in [7, 11) is 0. The highest BCUT2D eigenvalue weighted by molar-refractivity contribution is 6.34. The molecule has 2 aliphatic heterocycles. The van der Waals surface area contributed by atoms with E-state index in [1.165, 1.54) is 25.7 Å². The number of nitrogens with zero attached hydrogens (tertiary/aromatic N) is 2. The first kappa shape index (κ1) is 15.8. The molecule has 2 heterocycles. The molecule has 0 aromatic rings. The zero-order chi connectivity index (χ0) is 15.7. The molecule has 4 unspecified atom stereocenters. The first-order valence-electron chi connectivity index (χ1n) is 9.12. The van der Waals surface area contributed by atoms with Gasteiger partial charge in [0, 0.05) is 26.2 Å². The summed E-state index contributed by atoms with van der Waals surface area (Å²) in [5.74, 6) is 1.94. The number of fused-ring (bicyclic) bond motifs is 1. The molecule has 0 radical (unpaired) electrons. The molecule has 1 aliphatic carbocycles. The lowest BCUT2D eigenvalue weighted by atomic mass is 9.75. The van der Waals surface area contributed by atoms with Gasteiger partial charge in [-0.05, 0) is 42.9 Å². The molecule has 4 heteroatoms. The molecule has 0 aromatic carbocycles. The Morgan fingerprint density at radius 1 is 0.773 bits per heavy atom. The van der Waals surface area contributed by atoms with Crippen molar-refractivity contribution in [3.8, 4) is 0 Å². The minimum absolute atomic E-state index is 0.245. The molecule has 0 spiro atoms. The largest absolute Gasteiger partial charge is 0.334 e. The first-order valence-corrected chi connectivity index (χ1v) is 9.12. The fourth-order valence-electron chi connectivity index (χ4n) is 4.88. The Kier molecular flexibility index (Phi) is 4.74. The molecule has 3 aliphatic rings. The minimum atomic E-state index is -0.257. The zero-order valence-corrected chi connectivity index (χ0v) is 14.1. The Labute approximate surface area is 134 Å². The van der Waals surface area contributed by atoms with Gasteiger partial charge in [-0.15, -0.1) is 0 Å². The highest BCUT2D eigenvalue weighted by Gasteiger charge is 2.37. The predicted octanol–water partition coefficient (Wildman–Crippen LogP) is 2.53. The lowest BCUT2D eigenvalue weighted by Crippen LogP contribution is -2.53. The van der Waals surface area contributed by atoms with Crippen molar-refractivity contribution < 1.29 is 9.59 Å². The average molecular weight is 306 g/mol. The molecule has 124 valence electrons. The summed E-state index contributed by atoms with van der Waals surface area (Å²) in [4.78, 5) is 28.8. The van der Waals surface area contributed by atoms with Crippen LogP contribution in [0.2, 0.25) is 0 Å². The van der Waals surface area contributed by atoms with Crippen LogP contribution in [0, 0.1) is 23.7 Å². The van der Waals surface area contributed by atoms with Crippen LogP contribution in [0.25, 0.3) is 0 Å². The van der Waals surface area contributed by atoms with Crippen LogP contribution in [0.5, 0.6) is 0 Å². The lowest BCUT2D eigenvalue weighted by Gasteiger charge is -2.42. The quantitative estimate of drug-likeness (QED) is 0.645. The highest BCUT2D eigenvalue weighted by atomic mass is 16.2. The third-order valence-corrected chi connectivity index (χ3v) is 5.92. The molecule has 4 nitrogen and oxygen atoms in total. The van der Waals surface area contributed by atoms with E-state index in [1.807, 2.05) is 4.90 Å². The number of hydrogen-bond donors (Lipinski definition) is 0. The second kappa shape index (κ2) is 6.59. The summed E-state index contributed by atoms with van der Waals surface area (Å²) in [6, 6.07) is 0. The van der Waals surface area contributed by atoms with E-state index >= 15 is 0 Å². The normalized spacial score (nSPS) is 35.9. The van der Waals surface area contributed by atoms with Gasteiger partial charge in [-0.2, -0.15) is 0 Å². The maximum absolute atomic E-state index is 12.6. The number of piperidine rings is 2. The van der Waals surface area contributed by atoms with Crippen molar-refractivity contribution >= 4 is 11.8 Å². The zero-order valence-electron chi connectivity index (χ0n) is 14.1. The van der Waals surface area contributed by atoms with Gasteiger partial charge in [-0.25, -0.2) is 0 Å². The van der Waals surface area contributed by atoms with Gasteiger partial charge in [0.1, 0.15) is 0 Å². The Morgan fingerprint density at radius 3 is 2.05 bits per heavy atom. The van der Waals surface area contributed by atoms with E-state index in [-0.39, 0.29) is 11.8 Å². The summed E-state index contributed by atoms with van der Waals surface area (Å²) in [5.41, 5.74) is 0. The Bertz CT molecular complexity index is 427. The van der Waals surface area contributed by atoms with Gasteiger partial charge in [0.25, 0.3) is 0 Å². The number of carbonyl (C=O) groups excluding carboxylic acids is 2. The summed E-state index contributed by atoms with van der Waals surface area (Å²) < 4.78 is 0. The fourth-order valence-corrected chi connectivity index (χ4v) is 4.88. The number of hydrogen-bond acceptors (Lipinski definition) is 2. The Balaban J connectivity index is 1.59. The smallest absolute Gasteiger partial charge is 0.312 e. The maximum Gasteiger partial charge on any atom is 0.312 e. The van der Waals surface area contributed by atoms with Gasteiger partial charge < -0.3 is 9.80 Å². The fraction of sp³-hybridized carbons (Fsp3) is 0.889. The van der Waals surface area contributed by atoms with E-state index in [0.717, 1.165) is 44.9 Å². The number of likely N-dealkylation sites (tertiary alicyclic amines) is 2. The van der Waals surface area contributed by atoms with Crippen molar-refractivity contribution in [2.24, 2.45) is 23.7 Å². The summed E-state index contributed by atoms with van der Waals surface area (Å²) >= 11 is 0. The minimum Gasteiger partial charge on any atom is -0.334 e. The third kappa shape index (κ3) is 3.31. The monoisotopic (exact) mass is 306 g/mol. The molecule has 0 N–H and O–H groups in total. The Morgan fingerprint density at radius 2 is 1.36 bits per heavy atom. The summed E-state index contributed by atoms with van der Waals surface area (Å²) in [5, 5.41) is 0. The van der Waals surface area contributed by atoms with Crippen molar-refractivity contribution in [2.75, 3.05) is 26.2 Å². The van der Waals surface area contributed by atoms with E-state index in [2.05, 4.69) is 13.8 Å². The van der Waals surface area contributed by atoms with E-state index < -0.39 is 0 Å². The van der Waals surface area contributed by atoms with Gasteiger partial charge >= 0.3 is 11.8 Å². The van der Waals surface area contributed by atoms with Crippen LogP contribution in [0.3, 0.4) is 0 Å². The molecule has 3 fully saturated rings. The molecular weight excluding hydrogens is 276 g/mol. The average Bonchev–Trinajstić information content (AvgIpc) is 2.52. The van der Waals surface area contributed by atoms with Crippen molar-refractivity contribution in [1.82, 2.24) is 9.80 Å². The van der Waals surface area contributed by atoms with Crippen molar-refractivity contribution in [3.05, 3.63) is 0 Å². The standard InChI is InChI=1S/C18H30N2O2/c1-13-9-14(2)11-20(10-13)18(22)17(21)19-8-7-15-5-3-4-6-16(15)12-19/h13-16H,3-12H2,1-2H3. The molecule has 0 bridgehead atoms. The van der Waals surface area contributed by atoms with E-state index in [9.17, 15) is 9.59 Å². The second-order valence-corrected chi connectivity index (χ2v) is 8.00.